The molecule has 1 aliphatic heterocycles. The van der Waals surface area contributed by atoms with Crippen LogP contribution in [-0.4, -0.2) is 48.1 Å². The summed E-state index contributed by atoms with van der Waals surface area (Å²) < 4.78 is 13.3. The van der Waals surface area contributed by atoms with E-state index in [-0.39, 0.29) is 11.9 Å². The van der Waals surface area contributed by atoms with Gasteiger partial charge in [0.05, 0.1) is 18.3 Å². The molecule has 2 heterocycles. The van der Waals surface area contributed by atoms with Gasteiger partial charge in [-0.2, -0.15) is 5.10 Å². The number of carbonyl (C=O) groups excluding carboxylic acids is 1. The van der Waals surface area contributed by atoms with Crippen LogP contribution in [0.25, 0.3) is 0 Å². The van der Waals surface area contributed by atoms with E-state index in [1.807, 2.05) is 44.3 Å². The third-order valence-corrected chi connectivity index (χ3v) is 5.01. The first-order chi connectivity index (χ1) is 13.0. The Bertz CT molecular complexity index is 751. The highest BCUT2D eigenvalue weighted by molar-refractivity contribution is 5.86. The molecule has 1 saturated heterocycles. The van der Waals surface area contributed by atoms with Gasteiger partial charge in [-0.15, -0.1) is 0 Å². The number of ether oxygens (including phenoxy) is 2. The Morgan fingerprint density at radius 1 is 1.30 bits per heavy atom. The van der Waals surface area contributed by atoms with Crippen molar-refractivity contribution in [3.05, 3.63) is 47.8 Å². The fraction of sp³-hybridized carbons (Fsp3) is 0.500. The Hall–Kier alpha value is -2.38. The Kier molecular flexibility index (Phi) is 6.13. The number of benzene rings is 1. The standard InChI is InChI=1S/C20H28N4O3/c1-15-4-6-16(7-5-15)27-20(9-12-21-13-10-20)19(25)23-17(14-26-3)18-8-11-22-24(18)2/h4-8,11,17,21H,9-10,12-14H2,1-3H3,(H,23,25)/t17-/m1/s1. The maximum Gasteiger partial charge on any atom is 0.264 e. The topological polar surface area (TPSA) is 77.4 Å². The number of aryl methyl sites for hydroxylation is 2. The minimum absolute atomic E-state index is 0.118. The molecule has 7 nitrogen and oxygen atoms in total. The van der Waals surface area contributed by atoms with Gasteiger partial charge in [0, 0.05) is 33.2 Å². The van der Waals surface area contributed by atoms with E-state index in [2.05, 4.69) is 15.7 Å². The summed E-state index contributed by atoms with van der Waals surface area (Å²) in [4.78, 5) is 13.3. The maximum absolute atomic E-state index is 13.3. The Morgan fingerprint density at radius 3 is 2.59 bits per heavy atom. The summed E-state index contributed by atoms with van der Waals surface area (Å²) in [5.41, 5.74) is 1.15. The SMILES string of the molecule is COC[C@@H](NC(=O)C1(Oc2ccc(C)cc2)CCNCC1)c1ccnn1C. The number of hydrogen-bond acceptors (Lipinski definition) is 5. The van der Waals surface area contributed by atoms with Crippen molar-refractivity contribution in [3.8, 4) is 5.75 Å². The molecular weight excluding hydrogens is 344 g/mol. The van der Waals surface area contributed by atoms with Crippen molar-refractivity contribution in [2.45, 2.75) is 31.4 Å². The van der Waals surface area contributed by atoms with Crippen LogP contribution < -0.4 is 15.4 Å². The molecule has 146 valence electrons. The van der Waals surface area contributed by atoms with Crippen LogP contribution in [0.5, 0.6) is 5.75 Å². The lowest BCUT2D eigenvalue weighted by Gasteiger charge is -2.37. The minimum Gasteiger partial charge on any atom is -0.477 e. The molecule has 1 aromatic carbocycles. The molecule has 2 aromatic rings. The van der Waals surface area contributed by atoms with Gasteiger partial charge in [-0.25, -0.2) is 0 Å². The fourth-order valence-electron chi connectivity index (χ4n) is 3.42. The predicted octanol–water partition coefficient (Wildman–Crippen LogP) is 1.73. The van der Waals surface area contributed by atoms with Gasteiger partial charge in [0.25, 0.3) is 5.91 Å². The highest BCUT2D eigenvalue weighted by Gasteiger charge is 2.43. The first-order valence-electron chi connectivity index (χ1n) is 9.28. The zero-order chi connectivity index (χ0) is 19.3. The second kappa shape index (κ2) is 8.54. The molecule has 27 heavy (non-hydrogen) atoms. The number of piperidine rings is 1. The van der Waals surface area contributed by atoms with Crippen molar-refractivity contribution in [3.63, 3.8) is 0 Å². The van der Waals surface area contributed by atoms with Gasteiger partial charge in [0.1, 0.15) is 5.75 Å². The molecule has 1 atom stereocenters. The minimum atomic E-state index is -0.898. The Balaban J connectivity index is 1.81. The number of hydrogen-bond donors (Lipinski definition) is 2. The highest BCUT2D eigenvalue weighted by Crippen LogP contribution is 2.28. The summed E-state index contributed by atoms with van der Waals surface area (Å²) in [7, 11) is 3.48. The van der Waals surface area contributed by atoms with Crippen LogP contribution in [0.15, 0.2) is 36.5 Å². The van der Waals surface area contributed by atoms with Crippen LogP contribution in [0, 0.1) is 6.92 Å². The molecule has 0 bridgehead atoms. The van der Waals surface area contributed by atoms with E-state index in [1.165, 1.54) is 0 Å². The van der Waals surface area contributed by atoms with Gasteiger partial charge in [-0.3, -0.25) is 9.48 Å². The summed E-state index contributed by atoms with van der Waals surface area (Å²) >= 11 is 0. The second-order valence-corrected chi connectivity index (χ2v) is 7.02. The first-order valence-corrected chi connectivity index (χ1v) is 9.28. The van der Waals surface area contributed by atoms with Gasteiger partial charge in [0.2, 0.25) is 0 Å². The lowest BCUT2D eigenvalue weighted by Crippen LogP contribution is -2.57. The van der Waals surface area contributed by atoms with Crippen LogP contribution in [-0.2, 0) is 16.6 Å². The van der Waals surface area contributed by atoms with E-state index >= 15 is 0 Å². The summed E-state index contributed by atoms with van der Waals surface area (Å²) in [5, 5.41) is 10.6. The van der Waals surface area contributed by atoms with E-state index in [9.17, 15) is 4.79 Å². The molecule has 2 N–H and O–H groups in total. The number of nitrogens with one attached hydrogen (secondary N) is 2. The predicted molar refractivity (Wildman–Crippen MR) is 103 cm³/mol. The zero-order valence-electron chi connectivity index (χ0n) is 16.2. The summed E-state index contributed by atoms with van der Waals surface area (Å²) in [5.74, 6) is 0.592. The number of amides is 1. The zero-order valence-corrected chi connectivity index (χ0v) is 16.2. The number of rotatable bonds is 7. The number of carbonyl (C=O) groups is 1. The van der Waals surface area contributed by atoms with E-state index in [1.54, 1.807) is 18.0 Å². The Labute approximate surface area is 160 Å². The molecule has 3 rings (SSSR count). The molecule has 1 fully saturated rings. The van der Waals surface area contributed by atoms with Crippen LogP contribution in [0.4, 0.5) is 0 Å². The van der Waals surface area contributed by atoms with Crippen LogP contribution in [0.2, 0.25) is 0 Å². The van der Waals surface area contributed by atoms with Crippen molar-refractivity contribution < 1.29 is 14.3 Å². The molecule has 1 amide bonds. The average molecular weight is 372 g/mol. The molecule has 7 heteroatoms. The van der Waals surface area contributed by atoms with Crippen molar-refractivity contribution in [1.29, 1.82) is 0 Å². The van der Waals surface area contributed by atoms with Gasteiger partial charge >= 0.3 is 0 Å². The number of methoxy groups -OCH3 is 1. The third kappa shape index (κ3) is 4.48. The normalized spacial score (nSPS) is 17.3. The van der Waals surface area contributed by atoms with Crippen molar-refractivity contribution in [2.24, 2.45) is 7.05 Å². The molecule has 1 aromatic heterocycles. The molecule has 0 saturated carbocycles. The third-order valence-electron chi connectivity index (χ3n) is 5.01. The maximum atomic E-state index is 13.3. The summed E-state index contributed by atoms with van der Waals surface area (Å²) in [6.45, 7) is 3.87. The molecule has 0 spiro atoms. The highest BCUT2D eigenvalue weighted by atomic mass is 16.5. The van der Waals surface area contributed by atoms with E-state index in [4.69, 9.17) is 9.47 Å². The monoisotopic (exact) mass is 372 g/mol. The number of nitrogens with zero attached hydrogens (tertiary/aromatic N) is 2. The Morgan fingerprint density at radius 2 is 2.00 bits per heavy atom. The van der Waals surface area contributed by atoms with E-state index in [0.717, 1.165) is 24.3 Å². The van der Waals surface area contributed by atoms with Gasteiger partial charge in [-0.1, -0.05) is 17.7 Å². The summed E-state index contributed by atoms with van der Waals surface area (Å²) in [6, 6.07) is 9.42. The quantitative estimate of drug-likeness (QED) is 0.774. The second-order valence-electron chi connectivity index (χ2n) is 7.02. The largest absolute Gasteiger partial charge is 0.477 e. The molecular formula is C20H28N4O3. The number of aromatic nitrogens is 2. The molecule has 0 aliphatic carbocycles. The molecule has 0 unspecified atom stereocenters. The lowest BCUT2D eigenvalue weighted by molar-refractivity contribution is -0.140. The van der Waals surface area contributed by atoms with Gasteiger partial charge in [0.15, 0.2) is 5.60 Å². The lowest BCUT2D eigenvalue weighted by atomic mass is 9.90. The summed E-state index contributed by atoms with van der Waals surface area (Å²) in [6.07, 6.45) is 2.93. The van der Waals surface area contributed by atoms with Crippen molar-refractivity contribution >= 4 is 5.91 Å². The first kappa shape index (κ1) is 19.4. The van der Waals surface area contributed by atoms with Crippen LogP contribution in [0.1, 0.15) is 30.1 Å². The van der Waals surface area contributed by atoms with E-state index < -0.39 is 5.60 Å². The van der Waals surface area contributed by atoms with Gasteiger partial charge in [-0.05, 0) is 38.2 Å². The molecule has 0 radical (unpaired) electrons. The van der Waals surface area contributed by atoms with E-state index in [0.29, 0.717) is 25.2 Å². The average Bonchev–Trinajstić information content (AvgIpc) is 3.10. The fourth-order valence-corrected chi connectivity index (χ4v) is 3.42. The van der Waals surface area contributed by atoms with Crippen molar-refractivity contribution in [1.82, 2.24) is 20.4 Å². The van der Waals surface area contributed by atoms with Crippen molar-refractivity contribution in [2.75, 3.05) is 26.8 Å². The van der Waals surface area contributed by atoms with Gasteiger partial charge < -0.3 is 20.1 Å². The van der Waals surface area contributed by atoms with Crippen LogP contribution in [0.3, 0.4) is 0 Å². The smallest absolute Gasteiger partial charge is 0.264 e. The van der Waals surface area contributed by atoms with Crippen LogP contribution >= 0.6 is 0 Å². The molecule has 1 aliphatic rings.